The molecule has 8 heterocycles. The first-order valence-corrected chi connectivity index (χ1v) is 50.7. The number of rotatable bonds is 22. The van der Waals surface area contributed by atoms with Gasteiger partial charge in [-0.3, -0.25) is 33.4 Å². The summed E-state index contributed by atoms with van der Waals surface area (Å²) in [4.78, 5) is 127. The highest BCUT2D eigenvalue weighted by Gasteiger charge is 2.65. The van der Waals surface area contributed by atoms with Crippen molar-refractivity contribution < 1.29 is 88.7 Å². The number of amides is 7. The average molecular weight is 1890 g/mol. The molecule has 0 unspecified atom stereocenters. The molecule has 10 atom stereocenters. The van der Waals surface area contributed by atoms with Crippen molar-refractivity contribution >= 4 is 122 Å². The van der Waals surface area contributed by atoms with Gasteiger partial charge in [-0.1, -0.05) is 103 Å². The number of carbonyl (C=O) groups excluding carboxylic acids is 7. The van der Waals surface area contributed by atoms with Crippen LogP contribution in [0.1, 0.15) is 238 Å². The number of benzene rings is 2. The van der Waals surface area contributed by atoms with E-state index >= 15 is 0 Å². The molecule has 8 aliphatic rings. The molecular weight excluding hydrogens is 1760 g/mol. The number of fused-ring (bicyclic) bond motifs is 4. The molecule has 7 amide bonds. The molecule has 4 aliphatic heterocycles. The van der Waals surface area contributed by atoms with Gasteiger partial charge in [0.05, 0.1) is 58.7 Å². The van der Waals surface area contributed by atoms with Crippen molar-refractivity contribution in [1.82, 2.24) is 60.9 Å². The van der Waals surface area contributed by atoms with Crippen LogP contribution in [-0.4, -0.2) is 202 Å². The van der Waals surface area contributed by atoms with E-state index in [1.54, 1.807) is 102 Å². The number of nitrogens with zero attached hydrogens (tertiary/aromatic N) is 5. The number of nitrogens with one attached hydrogen (secondary N) is 9. The first-order valence-electron chi connectivity index (χ1n) is 46.0. The third-order valence-corrected chi connectivity index (χ3v) is 30.8. The maximum absolute atomic E-state index is 14.9. The lowest BCUT2D eigenvalue weighted by molar-refractivity contribution is -0.142. The van der Waals surface area contributed by atoms with E-state index in [4.69, 9.17) is 53.5 Å². The van der Waals surface area contributed by atoms with Gasteiger partial charge in [0.1, 0.15) is 87.0 Å². The molecule has 33 nitrogen and oxygen atoms in total. The van der Waals surface area contributed by atoms with E-state index in [0.717, 1.165) is 98.4 Å². The molecule has 2 saturated heterocycles. The van der Waals surface area contributed by atoms with Crippen molar-refractivity contribution in [2.24, 2.45) is 23.7 Å². The molecule has 4 aromatic heterocycles. The summed E-state index contributed by atoms with van der Waals surface area (Å²) in [7, 11) is -4.75. The number of allylic oxidation sites excluding steroid dienone is 2. The van der Waals surface area contributed by atoms with E-state index < -0.39 is 136 Å². The van der Waals surface area contributed by atoms with Gasteiger partial charge >= 0.3 is 18.2 Å². The van der Waals surface area contributed by atoms with Crippen LogP contribution >= 0.6 is 22.7 Å². The van der Waals surface area contributed by atoms with E-state index in [1.807, 2.05) is 73.2 Å². The molecule has 0 radical (unpaired) electrons. The molecule has 6 aromatic rings. The minimum Gasteiger partial charge on any atom is -0.497 e. The van der Waals surface area contributed by atoms with Crippen LogP contribution < -0.4 is 65.6 Å². The fraction of sp³-hybridized carbons (Fsp3) is 0.617. The highest BCUT2D eigenvalue weighted by Crippen LogP contribution is 2.52. The van der Waals surface area contributed by atoms with Crippen LogP contribution in [0.3, 0.4) is 0 Å². The van der Waals surface area contributed by atoms with Crippen molar-refractivity contribution in [2.75, 3.05) is 37.9 Å². The Morgan fingerprint density at radius 1 is 0.534 bits per heavy atom. The predicted molar refractivity (Wildman–Crippen MR) is 504 cm³/mol. The highest BCUT2D eigenvalue weighted by molar-refractivity contribution is 7.92. The van der Waals surface area contributed by atoms with Crippen LogP contribution in [0.15, 0.2) is 83.6 Å². The van der Waals surface area contributed by atoms with Crippen molar-refractivity contribution in [2.45, 2.75) is 318 Å². The lowest BCUT2D eigenvalue weighted by Crippen LogP contribution is -2.59. The van der Waals surface area contributed by atoms with Gasteiger partial charge in [-0.25, -0.2) is 51.2 Å². The first-order chi connectivity index (χ1) is 61.9. The molecule has 2 aromatic carbocycles. The van der Waals surface area contributed by atoms with E-state index in [2.05, 4.69) is 66.6 Å². The number of aliphatic carboxylic acids is 1. The summed E-state index contributed by atoms with van der Waals surface area (Å²) < 4.78 is 92.5. The lowest BCUT2D eigenvalue weighted by atomic mass is 10.0. The Morgan fingerprint density at radius 3 is 1.38 bits per heavy atom. The predicted octanol–water partition coefficient (Wildman–Crippen LogP) is 14.3. The van der Waals surface area contributed by atoms with E-state index in [-0.39, 0.29) is 55.3 Å². The van der Waals surface area contributed by atoms with Gasteiger partial charge in [-0.05, 0) is 182 Å². The topological polar surface area (TPSA) is 444 Å². The third-order valence-electron chi connectivity index (χ3n) is 24.9. The monoisotopic (exact) mass is 1890 g/mol. The lowest BCUT2D eigenvalue weighted by Gasteiger charge is -2.31. The molecule has 14 rings (SSSR count). The summed E-state index contributed by atoms with van der Waals surface area (Å²) in [6, 6.07) is 11.3. The van der Waals surface area contributed by atoms with Crippen LogP contribution in [0, 0.1) is 23.7 Å². The van der Waals surface area contributed by atoms with Crippen LogP contribution in [0.25, 0.3) is 44.6 Å². The van der Waals surface area contributed by atoms with Crippen molar-refractivity contribution in [1.29, 1.82) is 0 Å². The summed E-state index contributed by atoms with van der Waals surface area (Å²) in [6.07, 6.45) is 20.8. The summed E-state index contributed by atoms with van der Waals surface area (Å²) >= 11 is 2.96. The fourth-order valence-corrected chi connectivity index (χ4v) is 22.2. The van der Waals surface area contributed by atoms with E-state index in [0.29, 0.717) is 114 Å². The number of sulfonamides is 2. The zero-order valence-corrected chi connectivity index (χ0v) is 81.4. The molecule has 2 spiro atoms. The fourth-order valence-electron chi connectivity index (χ4n) is 17.1. The second-order valence-corrected chi connectivity index (χ2v) is 45.1. The number of hydrogen-bond donors (Lipinski definition) is 10. The minimum atomic E-state index is -4.05. The zero-order chi connectivity index (χ0) is 94.9. The zero-order valence-electron chi connectivity index (χ0n) is 78.1. The second-order valence-electron chi connectivity index (χ2n) is 39.2. The van der Waals surface area contributed by atoms with Crippen LogP contribution in [-0.2, 0) is 58.3 Å². The number of aromatic nitrogens is 4. The number of carbonyl (C=O) groups is 8. The van der Waals surface area contributed by atoms with E-state index in [1.165, 1.54) is 27.6 Å². The normalized spacial score (nSPS) is 24.8. The highest BCUT2D eigenvalue weighted by atomic mass is 32.2. The smallest absolute Gasteiger partial charge is 0.408 e. The van der Waals surface area contributed by atoms with Crippen LogP contribution in [0.2, 0.25) is 0 Å². The Bertz CT molecular complexity index is 5440. The van der Waals surface area contributed by atoms with Crippen LogP contribution in [0.5, 0.6) is 23.0 Å². The third kappa shape index (κ3) is 25.3. The Hall–Kier alpha value is -9.98. The molecule has 4 aliphatic carbocycles. The minimum absolute atomic E-state index is 0.0168. The Morgan fingerprint density at radius 2 is 0.962 bits per heavy atom. The molecule has 0 bridgehead atoms. The number of hydrogen-bond acceptors (Lipinski definition) is 27. The summed E-state index contributed by atoms with van der Waals surface area (Å²) in [5.74, 6) is -3.02. The van der Waals surface area contributed by atoms with Crippen molar-refractivity contribution in [3.63, 3.8) is 0 Å². The van der Waals surface area contributed by atoms with Gasteiger partial charge in [0.15, 0.2) is 10.3 Å². The maximum Gasteiger partial charge on any atom is 0.408 e. The van der Waals surface area contributed by atoms with Crippen molar-refractivity contribution in [3.8, 4) is 45.8 Å². The number of likely N-dealkylation sites (tertiary alicyclic amines) is 1. The van der Waals surface area contributed by atoms with Gasteiger partial charge in [0.25, 0.3) is 11.8 Å². The number of pyridine rings is 2. The number of methoxy groups -OCH3 is 2. The number of carboxylic acids is 1. The quantitative estimate of drug-likeness (QED) is 0.0282. The molecule has 716 valence electrons. The summed E-state index contributed by atoms with van der Waals surface area (Å²) in [5, 5.41) is 36.6. The van der Waals surface area contributed by atoms with Crippen LogP contribution in [0.4, 0.5) is 19.9 Å². The SMILES string of the molecule is CC(C)[C@H](NC(=O)OC(C)(C)C)C(=O)O.COc1ccc2c(O[C@@H]3C[C@@H](C(=O)N[C@]45C[C@H]4/C=C/CCCCCCCC4(CC4)S(=O)(=O)NC5=O)N(C(=O)[C@@H](NC(=O)OC(C)(C)C)C(C)C)C3)cc(-c3csc(NC(C)C)n3)nc2c1.COc1ccc2c(O[C@H]3CN[C@H](C(=O)N[C@]45C[C@H]4/C=C/CCCCCCCC4(CC4)S(=O)(=O)NC5=O)C3)cc(-c3csc(NC(C)C)n3)nc2c1. The summed E-state index contributed by atoms with van der Waals surface area (Å²) in [6.45, 7) is 25.9. The van der Waals surface area contributed by atoms with Crippen molar-refractivity contribution in [3.05, 3.63) is 83.6 Å². The Balaban J connectivity index is 0.000000209. The van der Waals surface area contributed by atoms with E-state index in [9.17, 15) is 55.2 Å². The molecular formula is C94H132N14O19S4. The molecule has 6 fully saturated rings. The maximum atomic E-state index is 14.9. The van der Waals surface area contributed by atoms with Gasteiger partial charge in [-0.15, -0.1) is 22.7 Å². The first kappa shape index (κ1) is 100. The summed E-state index contributed by atoms with van der Waals surface area (Å²) in [5.41, 5.74) is -0.494. The largest absolute Gasteiger partial charge is 0.497 e. The molecule has 131 heavy (non-hydrogen) atoms. The van der Waals surface area contributed by atoms with Gasteiger partial charge in [0.2, 0.25) is 37.8 Å². The Labute approximate surface area is 776 Å². The average Bonchev–Trinajstić information content (AvgIpc) is 1.57. The molecule has 10 N–H and O–H groups in total. The number of ether oxygens (including phenoxy) is 6. The molecule has 37 heteroatoms. The molecule has 4 saturated carbocycles. The number of carboxylic acid groups (broad SMARTS) is 1. The van der Waals surface area contributed by atoms with Gasteiger partial charge in [0, 0.05) is 89.1 Å². The number of anilines is 2. The second kappa shape index (κ2) is 41.7. The van der Waals surface area contributed by atoms with Gasteiger partial charge < -0.3 is 75.6 Å². The number of thiazole rings is 2. The number of alkyl carbamates (subject to hydrolysis) is 2. The standard InChI is InChI=1S/C47H65N7O9S2.C37H48N6O6S2.C10H19NO4/c1-28(2)39(51-44(58)63-45(5,6)7)41(56)54-26-32(62-38-24-35(36-27-64-43(50-36)48-29(3)4)49-34-22-31(61-8)17-18-33(34)38)23-37(54)40(55)52-47-25-30(47)16-14-12-10-9-11-13-15-19-46(20-21-46)65(59,60)53-42(47)57;1-23(2)39-35-41-31(22-50-35)29-19-32(27-13-12-25(48-3)17-28(27)40-29)49-26-18-30(38-21-26)33(44)42-37-20-24(37)11-9-7-5-4-6-8-10-14-36(15-16-36)51(46,47)43-34(37)45;1-6(2)7(8(12)13)11-9(14)15-10(3,4)5/h14,16-18,22,24,27-30,32,37,39H,9-13,15,19-21,23,25-26H2,1-8H3,(H,48,50)(H,51,58)(H,52,55)(H,53,57);9,11-13,17,19,22-24,26,30,38H,4-8,10,14-16,18,20-21H2,1-3H3,(H,39,41)(H,42,44)(H,43,45);6-7H,1-5H3,(H,11,14)(H,12,13)/b16-14+;11-9+;/t30-,32-,37+,39+,47-;24-,26-,30+,37-;7-/m110/s1. The van der Waals surface area contributed by atoms with Gasteiger partial charge in [-0.2, -0.15) is 0 Å². The Kier molecular flexibility index (Phi) is 31.8.